The molecular weight excluding hydrogens is 378 g/mol. The van der Waals surface area contributed by atoms with Crippen LogP contribution in [0, 0.1) is 35.0 Å². The summed E-state index contributed by atoms with van der Waals surface area (Å²) >= 11 is 0. The van der Waals surface area contributed by atoms with Gasteiger partial charge in [0.25, 0.3) is 0 Å². The normalized spacial score (nSPS) is 27.4. The van der Waals surface area contributed by atoms with E-state index >= 15 is 0 Å². The van der Waals surface area contributed by atoms with Crippen molar-refractivity contribution >= 4 is 0 Å². The van der Waals surface area contributed by atoms with Crippen molar-refractivity contribution in [3.63, 3.8) is 0 Å². The average molecular weight is 424 g/mol. The SMILES string of the molecule is CCCCCOc1ccc(C2CCC(C(C#N)CC3CCC(CCC)CC3)CC2)cc1. The number of unbranched alkanes of at least 4 members (excludes halogenated alkanes) is 2. The van der Waals surface area contributed by atoms with E-state index in [1.165, 1.54) is 82.6 Å². The Bertz CT molecular complexity index is 644. The summed E-state index contributed by atoms with van der Waals surface area (Å²) in [6, 6.07) is 11.6. The second kappa shape index (κ2) is 13.1. The van der Waals surface area contributed by atoms with E-state index in [-0.39, 0.29) is 5.92 Å². The highest BCUT2D eigenvalue weighted by atomic mass is 16.5. The summed E-state index contributed by atoms with van der Waals surface area (Å²) in [5.41, 5.74) is 1.46. The molecule has 0 aliphatic heterocycles. The molecule has 2 saturated carbocycles. The largest absolute Gasteiger partial charge is 0.494 e. The van der Waals surface area contributed by atoms with Crippen molar-refractivity contribution in [1.82, 2.24) is 0 Å². The molecule has 0 radical (unpaired) electrons. The van der Waals surface area contributed by atoms with Gasteiger partial charge in [-0.05, 0) is 79.9 Å². The summed E-state index contributed by atoms with van der Waals surface area (Å²) in [4.78, 5) is 0. The first-order valence-electron chi connectivity index (χ1n) is 13.4. The van der Waals surface area contributed by atoms with Crippen molar-refractivity contribution in [2.75, 3.05) is 6.61 Å². The van der Waals surface area contributed by atoms with E-state index in [9.17, 15) is 5.26 Å². The van der Waals surface area contributed by atoms with Crippen LogP contribution in [-0.2, 0) is 0 Å². The number of nitriles is 1. The molecule has 3 rings (SSSR count). The Morgan fingerprint density at radius 3 is 2.16 bits per heavy atom. The summed E-state index contributed by atoms with van der Waals surface area (Å²) in [5.74, 6) is 4.34. The number of benzene rings is 1. The van der Waals surface area contributed by atoms with Crippen LogP contribution in [0.1, 0.15) is 115 Å². The van der Waals surface area contributed by atoms with Crippen molar-refractivity contribution in [2.24, 2.45) is 23.7 Å². The van der Waals surface area contributed by atoms with Crippen LogP contribution in [0.15, 0.2) is 24.3 Å². The zero-order valence-electron chi connectivity index (χ0n) is 20.2. The molecule has 0 spiro atoms. The molecule has 1 unspecified atom stereocenters. The molecule has 2 heteroatoms. The third-order valence-corrected chi connectivity index (χ3v) is 8.13. The molecule has 0 heterocycles. The molecule has 0 saturated heterocycles. The van der Waals surface area contributed by atoms with Crippen LogP contribution in [0.25, 0.3) is 0 Å². The molecule has 1 atom stereocenters. The standard InChI is InChI=1S/C29H45NO/c1-3-5-6-20-31-29-18-16-26(17-19-29)25-12-14-27(15-13-25)28(22-30)21-24-10-8-23(7-4-2)9-11-24/h16-19,23-25,27-28H,3-15,20-21H2,1-2H3. The minimum Gasteiger partial charge on any atom is -0.494 e. The van der Waals surface area contributed by atoms with Crippen molar-refractivity contribution in [3.05, 3.63) is 29.8 Å². The minimum absolute atomic E-state index is 0.285. The van der Waals surface area contributed by atoms with Gasteiger partial charge in [0, 0.05) is 5.92 Å². The van der Waals surface area contributed by atoms with Crippen LogP contribution in [0.2, 0.25) is 0 Å². The fraction of sp³-hybridized carbons (Fsp3) is 0.759. The monoisotopic (exact) mass is 423 g/mol. The van der Waals surface area contributed by atoms with Gasteiger partial charge in [-0.2, -0.15) is 5.26 Å². The van der Waals surface area contributed by atoms with Gasteiger partial charge >= 0.3 is 0 Å². The van der Waals surface area contributed by atoms with Crippen LogP contribution in [0.5, 0.6) is 5.75 Å². The lowest BCUT2D eigenvalue weighted by Gasteiger charge is -2.34. The first-order chi connectivity index (χ1) is 15.2. The lowest BCUT2D eigenvalue weighted by molar-refractivity contribution is 0.194. The maximum atomic E-state index is 9.90. The summed E-state index contributed by atoms with van der Waals surface area (Å²) in [5, 5.41) is 9.90. The van der Waals surface area contributed by atoms with Gasteiger partial charge in [-0.25, -0.2) is 0 Å². The van der Waals surface area contributed by atoms with Gasteiger partial charge in [0.15, 0.2) is 0 Å². The topological polar surface area (TPSA) is 33.0 Å². The van der Waals surface area contributed by atoms with E-state index in [1.54, 1.807) is 0 Å². The highest BCUT2D eigenvalue weighted by Crippen LogP contribution is 2.42. The van der Waals surface area contributed by atoms with Gasteiger partial charge in [0.05, 0.1) is 12.7 Å². The van der Waals surface area contributed by atoms with Gasteiger partial charge in [0.1, 0.15) is 5.75 Å². The van der Waals surface area contributed by atoms with Gasteiger partial charge < -0.3 is 4.74 Å². The third-order valence-electron chi connectivity index (χ3n) is 8.13. The molecule has 1 aromatic rings. The zero-order valence-corrected chi connectivity index (χ0v) is 20.2. The van der Waals surface area contributed by atoms with E-state index in [0.717, 1.165) is 37.0 Å². The molecule has 1 aromatic carbocycles. The fourth-order valence-electron chi connectivity index (χ4n) is 6.11. The molecule has 0 amide bonds. The van der Waals surface area contributed by atoms with E-state index < -0.39 is 0 Å². The van der Waals surface area contributed by atoms with Gasteiger partial charge in [-0.15, -0.1) is 0 Å². The highest BCUT2D eigenvalue weighted by Gasteiger charge is 2.31. The first kappa shape index (κ1) is 24.2. The predicted octanol–water partition coefficient (Wildman–Crippen LogP) is 8.67. The molecule has 0 bridgehead atoms. The Labute approximate surface area is 191 Å². The van der Waals surface area contributed by atoms with Crippen LogP contribution >= 0.6 is 0 Å². The summed E-state index contributed by atoms with van der Waals surface area (Å²) in [7, 11) is 0. The van der Waals surface area contributed by atoms with E-state index in [2.05, 4.69) is 44.2 Å². The Balaban J connectivity index is 1.41. The summed E-state index contributed by atoms with van der Waals surface area (Å²) in [6.45, 7) is 5.36. The summed E-state index contributed by atoms with van der Waals surface area (Å²) < 4.78 is 5.87. The van der Waals surface area contributed by atoms with Crippen LogP contribution in [0.4, 0.5) is 0 Å². The lowest BCUT2D eigenvalue weighted by atomic mass is 9.70. The number of rotatable bonds is 11. The molecule has 0 aromatic heterocycles. The van der Waals surface area contributed by atoms with Crippen LogP contribution < -0.4 is 4.74 Å². The number of hydrogen-bond acceptors (Lipinski definition) is 2. The van der Waals surface area contributed by atoms with E-state index in [0.29, 0.717) is 11.8 Å². The van der Waals surface area contributed by atoms with Crippen molar-refractivity contribution < 1.29 is 4.74 Å². The Morgan fingerprint density at radius 2 is 1.55 bits per heavy atom. The Morgan fingerprint density at radius 1 is 0.871 bits per heavy atom. The maximum absolute atomic E-state index is 9.90. The van der Waals surface area contributed by atoms with Gasteiger partial charge in [-0.1, -0.05) is 77.3 Å². The quantitative estimate of drug-likeness (QED) is 0.333. The fourth-order valence-corrected chi connectivity index (χ4v) is 6.11. The number of nitrogens with zero attached hydrogens (tertiary/aromatic N) is 1. The molecular formula is C29H45NO. The molecule has 31 heavy (non-hydrogen) atoms. The number of hydrogen-bond donors (Lipinski definition) is 0. The Hall–Kier alpha value is -1.49. The molecule has 2 aliphatic rings. The van der Waals surface area contributed by atoms with Crippen molar-refractivity contribution in [1.29, 1.82) is 5.26 Å². The first-order valence-corrected chi connectivity index (χ1v) is 13.4. The van der Waals surface area contributed by atoms with E-state index in [4.69, 9.17) is 4.74 Å². The molecule has 0 N–H and O–H groups in total. The highest BCUT2D eigenvalue weighted by molar-refractivity contribution is 5.29. The van der Waals surface area contributed by atoms with Gasteiger partial charge in [-0.3, -0.25) is 0 Å². The second-order valence-electron chi connectivity index (χ2n) is 10.4. The average Bonchev–Trinajstić information content (AvgIpc) is 2.82. The lowest BCUT2D eigenvalue weighted by Crippen LogP contribution is -2.24. The number of ether oxygens (including phenoxy) is 1. The molecule has 2 aliphatic carbocycles. The predicted molar refractivity (Wildman–Crippen MR) is 130 cm³/mol. The minimum atomic E-state index is 0.285. The maximum Gasteiger partial charge on any atom is 0.119 e. The van der Waals surface area contributed by atoms with Crippen LogP contribution in [0.3, 0.4) is 0 Å². The van der Waals surface area contributed by atoms with E-state index in [1.807, 2.05) is 0 Å². The molecule has 2 nitrogen and oxygen atoms in total. The van der Waals surface area contributed by atoms with Crippen molar-refractivity contribution in [3.8, 4) is 11.8 Å². The van der Waals surface area contributed by atoms with Gasteiger partial charge in [0.2, 0.25) is 0 Å². The molecule has 2 fully saturated rings. The Kier molecular flexibility index (Phi) is 10.2. The van der Waals surface area contributed by atoms with Crippen LogP contribution in [-0.4, -0.2) is 6.61 Å². The smallest absolute Gasteiger partial charge is 0.119 e. The second-order valence-corrected chi connectivity index (χ2v) is 10.4. The van der Waals surface area contributed by atoms with Crippen molar-refractivity contribution in [2.45, 2.75) is 110 Å². The zero-order chi connectivity index (χ0) is 21.9. The third kappa shape index (κ3) is 7.55. The molecule has 172 valence electrons. The summed E-state index contributed by atoms with van der Waals surface area (Å²) in [6.07, 6.45) is 18.0.